The monoisotopic (exact) mass is 254 g/mol. The molecule has 0 N–H and O–H groups in total. The zero-order chi connectivity index (χ0) is 13.2. The predicted octanol–water partition coefficient (Wildman–Crippen LogP) is 1.98. The molecule has 3 rings (SSSR count). The summed E-state index contributed by atoms with van der Waals surface area (Å²) in [7, 11) is 0. The minimum absolute atomic E-state index is 0.0129. The summed E-state index contributed by atoms with van der Waals surface area (Å²) in [4.78, 5) is 16.0. The number of carbonyl (C=O) groups is 1. The summed E-state index contributed by atoms with van der Waals surface area (Å²) in [5.41, 5.74) is 2.83. The molecule has 19 heavy (non-hydrogen) atoms. The lowest BCUT2D eigenvalue weighted by atomic mass is 10.2. The lowest BCUT2D eigenvalue weighted by Crippen LogP contribution is -2.19. The van der Waals surface area contributed by atoms with Gasteiger partial charge in [-0.25, -0.2) is 9.99 Å². The number of nitrogens with zero attached hydrogens (tertiary/aromatic N) is 4. The van der Waals surface area contributed by atoms with Gasteiger partial charge in [-0.2, -0.15) is 5.10 Å². The summed E-state index contributed by atoms with van der Waals surface area (Å²) in [6.45, 7) is 2.62. The summed E-state index contributed by atoms with van der Waals surface area (Å²) in [5, 5.41) is 5.87. The summed E-state index contributed by atoms with van der Waals surface area (Å²) < 4.78 is 1.91. The van der Waals surface area contributed by atoms with Crippen LogP contribution in [-0.4, -0.2) is 21.2 Å². The van der Waals surface area contributed by atoms with E-state index in [1.165, 1.54) is 5.01 Å². The highest BCUT2D eigenvalue weighted by atomic mass is 16.2. The second-order valence-electron chi connectivity index (χ2n) is 4.62. The second-order valence-corrected chi connectivity index (χ2v) is 4.62. The second kappa shape index (κ2) is 4.68. The molecule has 1 aliphatic heterocycles. The van der Waals surface area contributed by atoms with Crippen LogP contribution in [0.1, 0.15) is 12.0 Å². The molecule has 5 heteroatoms. The number of anilines is 1. The van der Waals surface area contributed by atoms with E-state index in [0.717, 1.165) is 17.0 Å². The van der Waals surface area contributed by atoms with Gasteiger partial charge in [-0.05, 0) is 19.1 Å². The van der Waals surface area contributed by atoms with Gasteiger partial charge >= 0.3 is 0 Å². The molecule has 1 aromatic heterocycles. The van der Waals surface area contributed by atoms with Crippen LogP contribution in [0.15, 0.2) is 48.1 Å². The fourth-order valence-electron chi connectivity index (χ4n) is 2.05. The average Bonchev–Trinajstić information content (AvgIpc) is 3.01. The number of amides is 1. The molecule has 0 atom stereocenters. The van der Waals surface area contributed by atoms with Crippen LogP contribution >= 0.6 is 0 Å². The Morgan fingerprint density at radius 3 is 2.74 bits per heavy atom. The van der Waals surface area contributed by atoms with E-state index >= 15 is 0 Å². The summed E-state index contributed by atoms with van der Waals surface area (Å²) in [5.74, 6) is 0.0129. The van der Waals surface area contributed by atoms with Gasteiger partial charge in [0.1, 0.15) is 0 Å². The van der Waals surface area contributed by atoms with Crippen molar-refractivity contribution in [3.63, 3.8) is 0 Å². The quantitative estimate of drug-likeness (QED) is 0.841. The van der Waals surface area contributed by atoms with E-state index in [4.69, 9.17) is 0 Å². The molecule has 2 heterocycles. The Kier molecular flexibility index (Phi) is 2.87. The topological polar surface area (TPSA) is 50.5 Å². The van der Waals surface area contributed by atoms with Crippen molar-refractivity contribution in [2.75, 3.05) is 5.01 Å². The Morgan fingerprint density at radius 2 is 2.05 bits per heavy atom. The van der Waals surface area contributed by atoms with Crippen LogP contribution in [0.2, 0.25) is 0 Å². The van der Waals surface area contributed by atoms with Crippen molar-refractivity contribution in [1.29, 1.82) is 0 Å². The third kappa shape index (κ3) is 2.40. The van der Waals surface area contributed by atoms with Gasteiger partial charge in [0.05, 0.1) is 30.7 Å². The normalized spacial score (nSPS) is 14.9. The minimum Gasteiger partial charge on any atom is -0.332 e. The number of carbonyl (C=O) groups excluding carboxylic acids is 1. The van der Waals surface area contributed by atoms with E-state index in [2.05, 4.69) is 10.1 Å². The first-order chi connectivity index (χ1) is 9.22. The average molecular weight is 254 g/mol. The minimum atomic E-state index is 0.0129. The lowest BCUT2D eigenvalue weighted by molar-refractivity contribution is -0.116. The van der Waals surface area contributed by atoms with Crippen molar-refractivity contribution in [2.45, 2.75) is 19.9 Å². The van der Waals surface area contributed by atoms with Gasteiger partial charge in [0, 0.05) is 12.4 Å². The number of aryl methyl sites for hydroxylation is 1. The number of hydrogen-bond acceptors (Lipinski definition) is 3. The molecular weight excluding hydrogens is 240 g/mol. The van der Waals surface area contributed by atoms with E-state index in [-0.39, 0.29) is 5.91 Å². The third-order valence-corrected chi connectivity index (χ3v) is 3.04. The molecule has 96 valence electrons. The third-order valence-electron chi connectivity index (χ3n) is 3.04. The van der Waals surface area contributed by atoms with Crippen molar-refractivity contribution >= 4 is 17.3 Å². The maximum absolute atomic E-state index is 12.0. The Balaban J connectivity index is 1.81. The first kappa shape index (κ1) is 11.6. The zero-order valence-electron chi connectivity index (χ0n) is 10.7. The van der Waals surface area contributed by atoms with Gasteiger partial charge < -0.3 is 4.57 Å². The Morgan fingerprint density at radius 1 is 1.26 bits per heavy atom. The van der Waals surface area contributed by atoms with Gasteiger partial charge in [0.2, 0.25) is 0 Å². The zero-order valence-corrected chi connectivity index (χ0v) is 10.7. The standard InChI is InChI=1S/C14H14N4O/c1-11-2-4-13(5-3-11)18-14(19)8-12(16-18)9-17-7-6-15-10-17/h2-7,10H,8-9H2,1H3. The van der Waals surface area contributed by atoms with Crippen LogP contribution in [-0.2, 0) is 11.3 Å². The van der Waals surface area contributed by atoms with E-state index in [1.807, 2.05) is 42.0 Å². The Bertz CT molecular complexity index is 613. The highest BCUT2D eigenvalue weighted by molar-refractivity contribution is 6.12. The predicted molar refractivity (Wildman–Crippen MR) is 72.9 cm³/mol. The highest BCUT2D eigenvalue weighted by Crippen LogP contribution is 2.21. The molecule has 1 aromatic carbocycles. The van der Waals surface area contributed by atoms with Crippen molar-refractivity contribution < 1.29 is 4.79 Å². The van der Waals surface area contributed by atoms with Gasteiger partial charge in [0.15, 0.2) is 0 Å². The molecule has 5 nitrogen and oxygen atoms in total. The maximum atomic E-state index is 12.0. The lowest BCUT2D eigenvalue weighted by Gasteiger charge is -2.11. The maximum Gasteiger partial charge on any atom is 0.253 e. The largest absolute Gasteiger partial charge is 0.332 e. The van der Waals surface area contributed by atoms with Crippen LogP contribution in [0.4, 0.5) is 5.69 Å². The van der Waals surface area contributed by atoms with Crippen LogP contribution in [0.25, 0.3) is 0 Å². The fraction of sp³-hybridized carbons (Fsp3) is 0.214. The van der Waals surface area contributed by atoms with Crippen LogP contribution < -0.4 is 5.01 Å². The van der Waals surface area contributed by atoms with Crippen molar-refractivity contribution in [3.8, 4) is 0 Å². The molecule has 2 aromatic rings. The first-order valence-corrected chi connectivity index (χ1v) is 6.14. The summed E-state index contributed by atoms with van der Waals surface area (Å²) >= 11 is 0. The van der Waals surface area contributed by atoms with Gasteiger partial charge in [-0.1, -0.05) is 17.7 Å². The molecule has 0 spiro atoms. The van der Waals surface area contributed by atoms with E-state index in [9.17, 15) is 4.79 Å². The first-order valence-electron chi connectivity index (χ1n) is 6.14. The fourth-order valence-corrected chi connectivity index (χ4v) is 2.05. The Hall–Kier alpha value is -2.43. The SMILES string of the molecule is Cc1ccc(N2N=C(Cn3ccnc3)CC2=O)cc1. The number of hydrogen-bond donors (Lipinski definition) is 0. The van der Waals surface area contributed by atoms with Crippen molar-refractivity contribution in [2.24, 2.45) is 5.10 Å². The number of imidazole rings is 1. The van der Waals surface area contributed by atoms with Crippen LogP contribution in [0, 0.1) is 6.92 Å². The van der Waals surface area contributed by atoms with Gasteiger partial charge in [0.25, 0.3) is 5.91 Å². The van der Waals surface area contributed by atoms with Gasteiger partial charge in [-0.3, -0.25) is 4.79 Å². The van der Waals surface area contributed by atoms with E-state index in [1.54, 1.807) is 12.5 Å². The smallest absolute Gasteiger partial charge is 0.253 e. The van der Waals surface area contributed by atoms with Crippen LogP contribution in [0.3, 0.4) is 0 Å². The molecule has 0 saturated heterocycles. The van der Waals surface area contributed by atoms with E-state index < -0.39 is 0 Å². The molecule has 0 bridgehead atoms. The number of aromatic nitrogens is 2. The molecule has 0 aliphatic carbocycles. The van der Waals surface area contributed by atoms with Crippen molar-refractivity contribution in [3.05, 3.63) is 48.5 Å². The highest BCUT2D eigenvalue weighted by Gasteiger charge is 2.24. The number of hydrazone groups is 1. The molecule has 1 amide bonds. The summed E-state index contributed by atoms with van der Waals surface area (Å²) in [6, 6.07) is 7.78. The molecule has 0 saturated carbocycles. The Labute approximate surface area is 111 Å². The molecule has 0 fully saturated rings. The summed E-state index contributed by atoms with van der Waals surface area (Å²) in [6.07, 6.45) is 5.67. The number of benzene rings is 1. The van der Waals surface area contributed by atoms with E-state index in [0.29, 0.717) is 13.0 Å². The van der Waals surface area contributed by atoms with Crippen LogP contribution in [0.5, 0.6) is 0 Å². The molecular formula is C14H14N4O. The molecule has 0 radical (unpaired) electrons. The molecule has 1 aliphatic rings. The van der Waals surface area contributed by atoms with Gasteiger partial charge in [-0.15, -0.1) is 0 Å². The number of rotatable bonds is 3. The van der Waals surface area contributed by atoms with Crippen molar-refractivity contribution in [1.82, 2.24) is 9.55 Å². The molecule has 0 unspecified atom stereocenters.